The standard InChI is InChI=1S/C10H16F2N4O2S/c1-5(2)15-8(18)6-7(13)16-19-9(6)14-3-10(11,12)4-17/h5,14,17H,3-4H2,1-2H3,(H2,13,16)(H,15,18). The van der Waals surface area contributed by atoms with Crippen molar-refractivity contribution in [2.45, 2.75) is 25.8 Å². The fraction of sp³-hybridized carbons (Fsp3) is 0.600. The predicted molar refractivity (Wildman–Crippen MR) is 69.7 cm³/mol. The molecule has 0 saturated heterocycles. The Hall–Kier alpha value is -1.48. The summed E-state index contributed by atoms with van der Waals surface area (Å²) in [4.78, 5) is 11.9. The monoisotopic (exact) mass is 294 g/mol. The normalized spacial score (nSPS) is 11.7. The quantitative estimate of drug-likeness (QED) is 0.624. The molecule has 0 atom stereocenters. The van der Waals surface area contributed by atoms with E-state index in [-0.39, 0.29) is 22.4 Å². The van der Waals surface area contributed by atoms with E-state index in [2.05, 4.69) is 15.0 Å². The van der Waals surface area contributed by atoms with Crippen LogP contribution in [0.4, 0.5) is 19.6 Å². The zero-order valence-corrected chi connectivity index (χ0v) is 11.4. The molecule has 1 aromatic rings. The Balaban J connectivity index is 2.83. The molecule has 0 aliphatic heterocycles. The van der Waals surface area contributed by atoms with E-state index >= 15 is 0 Å². The fourth-order valence-electron chi connectivity index (χ4n) is 1.24. The number of anilines is 2. The van der Waals surface area contributed by atoms with Crippen LogP contribution in [0.25, 0.3) is 0 Å². The van der Waals surface area contributed by atoms with Gasteiger partial charge in [-0.15, -0.1) is 0 Å². The summed E-state index contributed by atoms with van der Waals surface area (Å²) >= 11 is 0.821. The molecule has 1 rings (SSSR count). The van der Waals surface area contributed by atoms with Crippen LogP contribution in [0.15, 0.2) is 0 Å². The smallest absolute Gasteiger partial charge is 0.287 e. The van der Waals surface area contributed by atoms with Crippen LogP contribution >= 0.6 is 11.5 Å². The third-order valence-electron chi connectivity index (χ3n) is 2.10. The number of amides is 1. The highest BCUT2D eigenvalue weighted by atomic mass is 32.1. The lowest BCUT2D eigenvalue weighted by Gasteiger charge is -2.15. The lowest BCUT2D eigenvalue weighted by molar-refractivity contribution is -0.0372. The number of nitrogens with one attached hydrogen (secondary N) is 2. The molecule has 0 aliphatic rings. The number of hydrogen-bond donors (Lipinski definition) is 4. The van der Waals surface area contributed by atoms with Crippen LogP contribution in [-0.2, 0) is 0 Å². The first-order valence-corrected chi connectivity index (χ1v) is 6.32. The zero-order valence-electron chi connectivity index (χ0n) is 10.5. The van der Waals surface area contributed by atoms with Gasteiger partial charge in [0.05, 0.1) is 6.54 Å². The minimum atomic E-state index is -3.27. The van der Waals surface area contributed by atoms with Gasteiger partial charge in [-0.2, -0.15) is 4.37 Å². The lowest BCUT2D eigenvalue weighted by atomic mass is 10.2. The number of carbonyl (C=O) groups is 1. The van der Waals surface area contributed by atoms with Crippen LogP contribution in [0.5, 0.6) is 0 Å². The minimum absolute atomic E-state index is 0.0158. The first-order chi connectivity index (χ1) is 8.76. The SMILES string of the molecule is CC(C)NC(=O)c1c(N)nsc1NCC(F)(F)CO. The Kier molecular flexibility index (Phi) is 5.01. The van der Waals surface area contributed by atoms with Crippen LogP contribution in [0, 0.1) is 0 Å². The van der Waals surface area contributed by atoms with E-state index in [1.165, 1.54) is 0 Å². The molecule has 0 fully saturated rings. The van der Waals surface area contributed by atoms with Gasteiger partial charge in [0.25, 0.3) is 11.8 Å². The summed E-state index contributed by atoms with van der Waals surface area (Å²) in [7, 11) is 0. The third-order valence-corrected chi connectivity index (χ3v) is 2.92. The van der Waals surface area contributed by atoms with Gasteiger partial charge in [0, 0.05) is 6.04 Å². The van der Waals surface area contributed by atoms with Crippen molar-refractivity contribution in [1.29, 1.82) is 0 Å². The zero-order chi connectivity index (χ0) is 14.6. The van der Waals surface area contributed by atoms with Crippen LogP contribution in [0.1, 0.15) is 24.2 Å². The maximum atomic E-state index is 12.9. The number of nitrogens with zero attached hydrogens (tertiary/aromatic N) is 1. The summed E-state index contributed by atoms with van der Waals surface area (Å²) in [6.45, 7) is 1.46. The Morgan fingerprint density at radius 3 is 2.74 bits per heavy atom. The Morgan fingerprint density at radius 1 is 1.58 bits per heavy atom. The van der Waals surface area contributed by atoms with Crippen molar-refractivity contribution in [2.75, 3.05) is 24.2 Å². The average Bonchev–Trinajstić information content (AvgIpc) is 2.67. The van der Waals surface area contributed by atoms with Gasteiger partial charge in [0.15, 0.2) is 5.82 Å². The molecule has 0 aliphatic carbocycles. The molecule has 0 bridgehead atoms. The average molecular weight is 294 g/mol. The molecule has 0 radical (unpaired) electrons. The number of rotatable bonds is 6. The van der Waals surface area contributed by atoms with Gasteiger partial charge in [-0.05, 0) is 25.4 Å². The summed E-state index contributed by atoms with van der Waals surface area (Å²) in [6.07, 6.45) is 0. The highest BCUT2D eigenvalue weighted by Crippen LogP contribution is 2.27. The Bertz CT molecular complexity index is 451. The fourth-order valence-corrected chi connectivity index (χ4v) is 1.95. The molecule has 5 N–H and O–H groups in total. The molecule has 1 heterocycles. The molecule has 1 amide bonds. The van der Waals surface area contributed by atoms with E-state index in [0.29, 0.717) is 0 Å². The van der Waals surface area contributed by atoms with Gasteiger partial charge in [0.2, 0.25) is 0 Å². The number of nitrogen functional groups attached to an aromatic ring is 1. The van der Waals surface area contributed by atoms with Gasteiger partial charge in [-0.1, -0.05) is 0 Å². The lowest BCUT2D eigenvalue weighted by Crippen LogP contribution is -2.33. The van der Waals surface area contributed by atoms with Gasteiger partial charge >= 0.3 is 0 Å². The van der Waals surface area contributed by atoms with E-state index in [1.54, 1.807) is 13.8 Å². The van der Waals surface area contributed by atoms with Gasteiger partial charge in [0.1, 0.15) is 17.2 Å². The predicted octanol–water partition coefficient (Wildman–Crippen LogP) is 0.903. The van der Waals surface area contributed by atoms with Gasteiger partial charge in [-0.3, -0.25) is 4.79 Å². The van der Waals surface area contributed by atoms with E-state index < -0.39 is 25.0 Å². The second-order valence-corrected chi connectivity index (χ2v) is 5.04. The third kappa shape index (κ3) is 4.28. The number of nitrogens with two attached hydrogens (primary N) is 1. The minimum Gasteiger partial charge on any atom is -0.390 e. The van der Waals surface area contributed by atoms with Crippen molar-refractivity contribution in [3.63, 3.8) is 0 Å². The Morgan fingerprint density at radius 2 is 2.21 bits per heavy atom. The number of alkyl halides is 2. The number of aromatic nitrogens is 1. The van der Waals surface area contributed by atoms with E-state index in [1.807, 2.05) is 0 Å². The summed E-state index contributed by atoms with van der Waals surface area (Å²) in [6, 6.07) is -0.112. The molecule has 19 heavy (non-hydrogen) atoms. The van der Waals surface area contributed by atoms with Crippen LogP contribution in [0.3, 0.4) is 0 Å². The summed E-state index contributed by atoms with van der Waals surface area (Å²) in [5.74, 6) is -3.76. The number of aliphatic hydroxyl groups excluding tert-OH is 1. The first kappa shape index (κ1) is 15.6. The second-order valence-electron chi connectivity index (χ2n) is 4.27. The van der Waals surface area contributed by atoms with Crippen molar-refractivity contribution in [1.82, 2.24) is 9.69 Å². The largest absolute Gasteiger partial charge is 0.390 e. The maximum absolute atomic E-state index is 12.9. The molecule has 6 nitrogen and oxygen atoms in total. The number of hydrogen-bond acceptors (Lipinski definition) is 6. The van der Waals surface area contributed by atoms with Gasteiger partial charge in [-0.25, -0.2) is 8.78 Å². The second kappa shape index (κ2) is 6.11. The number of halogens is 2. The van der Waals surface area contributed by atoms with Crippen molar-refractivity contribution >= 4 is 28.3 Å². The molecule has 0 saturated carbocycles. The maximum Gasteiger partial charge on any atom is 0.287 e. The molecule has 9 heteroatoms. The highest BCUT2D eigenvalue weighted by molar-refractivity contribution is 7.11. The topological polar surface area (TPSA) is 100 Å². The molecular weight excluding hydrogens is 278 g/mol. The van der Waals surface area contributed by atoms with Crippen molar-refractivity contribution in [3.05, 3.63) is 5.56 Å². The summed E-state index contributed by atoms with van der Waals surface area (Å²) in [5, 5.41) is 13.6. The summed E-state index contributed by atoms with van der Waals surface area (Å²) in [5.41, 5.74) is 5.60. The van der Waals surface area contributed by atoms with Crippen LogP contribution in [-0.4, -0.2) is 40.5 Å². The summed E-state index contributed by atoms with van der Waals surface area (Å²) < 4.78 is 29.6. The van der Waals surface area contributed by atoms with Crippen LogP contribution < -0.4 is 16.4 Å². The van der Waals surface area contributed by atoms with E-state index in [9.17, 15) is 13.6 Å². The molecule has 0 spiro atoms. The molecule has 0 unspecified atom stereocenters. The molecule has 0 aromatic carbocycles. The molecule has 108 valence electrons. The molecule has 1 aromatic heterocycles. The van der Waals surface area contributed by atoms with Gasteiger partial charge < -0.3 is 21.5 Å². The highest BCUT2D eigenvalue weighted by Gasteiger charge is 2.29. The van der Waals surface area contributed by atoms with E-state index in [0.717, 1.165) is 11.5 Å². The first-order valence-electron chi connectivity index (χ1n) is 5.55. The van der Waals surface area contributed by atoms with Crippen LogP contribution in [0.2, 0.25) is 0 Å². The van der Waals surface area contributed by atoms with Crippen molar-refractivity contribution in [2.24, 2.45) is 0 Å². The molecular formula is C10H16F2N4O2S. The number of aliphatic hydroxyl groups is 1. The Labute approximate surface area is 113 Å². The number of carbonyl (C=O) groups excluding carboxylic acids is 1. The van der Waals surface area contributed by atoms with Crippen molar-refractivity contribution in [3.8, 4) is 0 Å². The van der Waals surface area contributed by atoms with Crippen molar-refractivity contribution < 1.29 is 18.7 Å². The van der Waals surface area contributed by atoms with E-state index in [4.69, 9.17) is 10.8 Å².